The first kappa shape index (κ1) is 15.4. The van der Waals surface area contributed by atoms with Crippen LogP contribution in [0.5, 0.6) is 5.75 Å². The number of H-pyrrole nitrogens is 1. The molecule has 6 heteroatoms. The van der Waals surface area contributed by atoms with Crippen molar-refractivity contribution in [2.45, 2.75) is 13.5 Å². The lowest BCUT2D eigenvalue weighted by Crippen LogP contribution is -2.14. The first-order valence-corrected chi connectivity index (χ1v) is 7.88. The number of nitrogens with one attached hydrogen (secondary N) is 1. The summed E-state index contributed by atoms with van der Waals surface area (Å²) in [6.07, 6.45) is 0. The molecule has 2 heterocycles. The van der Waals surface area contributed by atoms with E-state index < -0.39 is 0 Å². The molecular weight excluding hydrogens is 321 g/mol. The third-order valence-electron chi connectivity index (χ3n) is 4.40. The van der Waals surface area contributed by atoms with Gasteiger partial charge in [0.05, 0.1) is 12.8 Å². The van der Waals surface area contributed by atoms with Crippen LogP contribution < -0.4 is 10.3 Å². The molecule has 1 N–H and O–H groups in total. The smallest absolute Gasteiger partial charge is 0.288 e. The maximum absolute atomic E-state index is 13.8. The molecule has 0 saturated carbocycles. The topological polar surface area (TPSA) is 59.9 Å². The van der Waals surface area contributed by atoms with Crippen LogP contribution in [0.4, 0.5) is 4.39 Å². The fourth-order valence-electron chi connectivity index (χ4n) is 3.29. The van der Waals surface area contributed by atoms with Crippen LogP contribution in [0.2, 0.25) is 0 Å². The highest BCUT2D eigenvalue weighted by atomic mass is 19.1. The Morgan fingerprint density at radius 1 is 1.24 bits per heavy atom. The first-order chi connectivity index (χ1) is 12.1. The maximum atomic E-state index is 13.8. The number of aromatic nitrogens is 3. The summed E-state index contributed by atoms with van der Waals surface area (Å²) in [5, 5.41) is 7.93. The number of aryl methyl sites for hydroxylation is 1. The van der Waals surface area contributed by atoms with Gasteiger partial charge in [-0.15, -0.1) is 0 Å². The lowest BCUT2D eigenvalue weighted by Gasteiger charge is -2.09. The Morgan fingerprint density at radius 3 is 2.88 bits per heavy atom. The van der Waals surface area contributed by atoms with E-state index in [0.29, 0.717) is 28.5 Å². The van der Waals surface area contributed by atoms with Gasteiger partial charge >= 0.3 is 0 Å². The van der Waals surface area contributed by atoms with Gasteiger partial charge in [-0.2, -0.15) is 5.10 Å². The molecule has 4 rings (SSSR count). The molecule has 0 unspecified atom stereocenters. The minimum absolute atomic E-state index is 0.292. The van der Waals surface area contributed by atoms with Gasteiger partial charge in [0.25, 0.3) is 5.56 Å². The van der Waals surface area contributed by atoms with E-state index in [1.165, 1.54) is 12.1 Å². The van der Waals surface area contributed by atoms with Crippen molar-refractivity contribution in [2.24, 2.45) is 0 Å². The van der Waals surface area contributed by atoms with Crippen LogP contribution in [-0.4, -0.2) is 21.9 Å². The first-order valence-electron chi connectivity index (χ1n) is 7.88. The second-order valence-corrected chi connectivity index (χ2v) is 5.96. The van der Waals surface area contributed by atoms with Crippen LogP contribution in [0.3, 0.4) is 0 Å². The summed E-state index contributed by atoms with van der Waals surface area (Å²) in [6.45, 7) is 2.27. The highest BCUT2D eigenvalue weighted by Crippen LogP contribution is 2.30. The molecule has 0 atom stereocenters. The third-order valence-corrected chi connectivity index (χ3v) is 4.40. The molecule has 126 valence electrons. The molecule has 5 nitrogen and oxygen atoms in total. The van der Waals surface area contributed by atoms with E-state index >= 15 is 0 Å². The monoisotopic (exact) mass is 337 g/mol. The summed E-state index contributed by atoms with van der Waals surface area (Å²) in [6, 6.07) is 12.2. The largest absolute Gasteiger partial charge is 0.497 e. The number of aromatic amines is 1. The van der Waals surface area contributed by atoms with Crippen molar-refractivity contribution in [3.63, 3.8) is 0 Å². The van der Waals surface area contributed by atoms with Crippen LogP contribution in [0.15, 0.2) is 47.3 Å². The Bertz CT molecular complexity index is 1160. The van der Waals surface area contributed by atoms with Crippen molar-refractivity contribution in [2.75, 3.05) is 7.11 Å². The van der Waals surface area contributed by atoms with Gasteiger partial charge in [0.15, 0.2) is 0 Å². The van der Waals surface area contributed by atoms with Gasteiger partial charge in [0.2, 0.25) is 0 Å². The minimum Gasteiger partial charge on any atom is -0.497 e. The normalized spacial score (nSPS) is 11.3. The number of benzene rings is 2. The Hall–Kier alpha value is -3.15. The highest BCUT2D eigenvalue weighted by Gasteiger charge is 2.17. The van der Waals surface area contributed by atoms with Gasteiger partial charge < -0.3 is 9.30 Å². The molecule has 2 aromatic heterocycles. The average molecular weight is 337 g/mol. The average Bonchev–Trinajstić information content (AvgIpc) is 2.93. The van der Waals surface area contributed by atoms with Crippen molar-refractivity contribution in [1.29, 1.82) is 0 Å². The van der Waals surface area contributed by atoms with Crippen LogP contribution in [0.25, 0.3) is 21.8 Å². The van der Waals surface area contributed by atoms with Gasteiger partial charge in [-0.3, -0.25) is 4.79 Å². The quantitative estimate of drug-likeness (QED) is 0.623. The van der Waals surface area contributed by atoms with E-state index in [1.54, 1.807) is 20.1 Å². The van der Waals surface area contributed by atoms with E-state index in [2.05, 4.69) is 10.2 Å². The summed E-state index contributed by atoms with van der Waals surface area (Å²) >= 11 is 0. The van der Waals surface area contributed by atoms with E-state index in [4.69, 9.17) is 4.74 Å². The standard InChI is InChI=1S/C19H16FN3O2/c1-11-17-15-9-13(20)6-7-16(15)23(18(17)19(24)22-21-11)10-12-4-3-5-14(8-12)25-2/h3-9H,10H2,1-2H3,(H,22,24). The van der Waals surface area contributed by atoms with Crippen molar-refractivity contribution in [3.8, 4) is 5.75 Å². The molecule has 0 aliphatic rings. The van der Waals surface area contributed by atoms with Crippen molar-refractivity contribution < 1.29 is 9.13 Å². The van der Waals surface area contributed by atoms with Crippen LogP contribution in [-0.2, 0) is 6.54 Å². The highest BCUT2D eigenvalue weighted by molar-refractivity contribution is 6.08. The second-order valence-electron chi connectivity index (χ2n) is 5.96. The molecule has 0 spiro atoms. The summed E-state index contributed by atoms with van der Waals surface area (Å²) in [4.78, 5) is 12.5. The van der Waals surface area contributed by atoms with Gasteiger partial charge in [-0.05, 0) is 42.8 Å². The zero-order valence-electron chi connectivity index (χ0n) is 13.8. The number of ether oxygens (including phenoxy) is 1. The summed E-state index contributed by atoms with van der Waals surface area (Å²) < 4.78 is 21.0. The summed E-state index contributed by atoms with van der Waals surface area (Å²) in [5.41, 5.74) is 2.64. The minimum atomic E-state index is -0.340. The second kappa shape index (κ2) is 5.73. The molecule has 0 aliphatic heterocycles. The van der Waals surface area contributed by atoms with Gasteiger partial charge in [-0.1, -0.05) is 12.1 Å². The Morgan fingerprint density at radius 2 is 2.08 bits per heavy atom. The molecule has 0 radical (unpaired) electrons. The maximum Gasteiger partial charge on any atom is 0.288 e. The van der Waals surface area contributed by atoms with E-state index in [0.717, 1.165) is 16.8 Å². The molecular formula is C19H16FN3O2. The third kappa shape index (κ3) is 2.46. The van der Waals surface area contributed by atoms with Crippen LogP contribution in [0.1, 0.15) is 11.3 Å². The summed E-state index contributed by atoms with van der Waals surface area (Å²) in [7, 11) is 1.61. The fraction of sp³-hybridized carbons (Fsp3) is 0.158. The summed E-state index contributed by atoms with van der Waals surface area (Å²) in [5.74, 6) is 0.406. The predicted octanol–water partition coefficient (Wildman–Crippen LogP) is 3.38. The van der Waals surface area contributed by atoms with Gasteiger partial charge in [0, 0.05) is 22.8 Å². The lowest BCUT2D eigenvalue weighted by atomic mass is 10.1. The molecule has 0 saturated heterocycles. The molecule has 0 bridgehead atoms. The number of hydrogen-bond donors (Lipinski definition) is 1. The number of methoxy groups -OCH3 is 1. The van der Waals surface area contributed by atoms with Crippen molar-refractivity contribution >= 4 is 21.8 Å². The number of fused-ring (bicyclic) bond motifs is 3. The lowest BCUT2D eigenvalue weighted by molar-refractivity contribution is 0.414. The van der Waals surface area contributed by atoms with Crippen molar-refractivity contribution in [1.82, 2.24) is 14.8 Å². The Labute approximate surface area is 142 Å². The molecule has 4 aromatic rings. The Kier molecular flexibility index (Phi) is 3.53. The number of hydrogen-bond acceptors (Lipinski definition) is 3. The van der Waals surface area contributed by atoms with Crippen molar-refractivity contribution in [3.05, 3.63) is 69.9 Å². The molecule has 0 fully saturated rings. The number of nitrogens with zero attached hydrogens (tertiary/aromatic N) is 2. The fourth-order valence-corrected chi connectivity index (χ4v) is 3.29. The molecule has 25 heavy (non-hydrogen) atoms. The molecule has 0 amide bonds. The zero-order chi connectivity index (χ0) is 17.6. The van der Waals surface area contributed by atoms with E-state index in [9.17, 15) is 9.18 Å². The predicted molar refractivity (Wildman–Crippen MR) is 94.7 cm³/mol. The van der Waals surface area contributed by atoms with Crippen LogP contribution >= 0.6 is 0 Å². The molecule has 2 aromatic carbocycles. The zero-order valence-corrected chi connectivity index (χ0v) is 13.8. The van der Waals surface area contributed by atoms with Gasteiger partial charge in [0.1, 0.15) is 17.1 Å². The Balaban J connectivity index is 2.04. The number of rotatable bonds is 3. The van der Waals surface area contributed by atoms with E-state index in [1.807, 2.05) is 28.8 Å². The van der Waals surface area contributed by atoms with Gasteiger partial charge in [-0.25, -0.2) is 9.49 Å². The number of halogens is 1. The van der Waals surface area contributed by atoms with Crippen LogP contribution in [0, 0.1) is 12.7 Å². The van der Waals surface area contributed by atoms with E-state index in [-0.39, 0.29) is 11.4 Å². The molecule has 0 aliphatic carbocycles. The SMILES string of the molecule is COc1cccc(Cn2c3ccc(F)cc3c3c(C)n[nH]c(=O)c32)c1.